The Labute approximate surface area is 119 Å². The topological polar surface area (TPSA) is 29.8 Å². The van der Waals surface area contributed by atoms with Gasteiger partial charge in [-0.05, 0) is 13.1 Å². The number of hydrogen-bond donors (Lipinski definition) is 0. The highest BCUT2D eigenvalue weighted by molar-refractivity contribution is 6.76. The summed E-state index contributed by atoms with van der Waals surface area (Å²) in [6.07, 6.45) is -5.11. The normalized spacial score (nSPS) is 15.7. The molecule has 0 aromatic carbocycles. The summed E-state index contributed by atoms with van der Waals surface area (Å²) in [6.45, 7) is 11.3. The highest BCUT2D eigenvalue weighted by Gasteiger charge is 2.55. The molecule has 0 bridgehead atoms. The van der Waals surface area contributed by atoms with Crippen LogP contribution in [0.1, 0.15) is 6.42 Å². The van der Waals surface area contributed by atoms with E-state index >= 15 is 0 Å². The largest absolute Gasteiger partial charge is 0.773 e. The number of halogens is 3. The van der Waals surface area contributed by atoms with E-state index in [2.05, 4.69) is 0 Å². The second kappa shape index (κ2) is 7.98. The van der Waals surface area contributed by atoms with Crippen molar-refractivity contribution in [3.05, 3.63) is 0 Å². The van der Waals surface area contributed by atoms with Gasteiger partial charge in [-0.25, -0.2) is 0 Å². The van der Waals surface area contributed by atoms with E-state index < -0.39 is 48.2 Å². The van der Waals surface area contributed by atoms with Crippen molar-refractivity contribution < 1.29 is 25.2 Å². The maximum atomic E-state index is 12.5. The van der Waals surface area contributed by atoms with Crippen molar-refractivity contribution in [1.29, 1.82) is 0 Å². The Hall–Kier alpha value is 0.378. The summed E-state index contributed by atoms with van der Waals surface area (Å²) in [4.78, 5) is 0. The van der Waals surface area contributed by atoms with Crippen LogP contribution in [-0.2, 0) is 12.0 Å². The van der Waals surface area contributed by atoms with E-state index in [9.17, 15) is 13.2 Å². The van der Waals surface area contributed by atoms with Crippen LogP contribution >= 0.6 is 0 Å². The lowest BCUT2D eigenvalue weighted by Gasteiger charge is -2.29. The summed E-state index contributed by atoms with van der Waals surface area (Å²) in [5.74, 6) is 0. The molecule has 0 fully saturated rings. The molecular formula is C9H22F3O3Si4. The van der Waals surface area contributed by atoms with E-state index in [0.717, 1.165) is 0 Å². The minimum atomic E-state index is -4.20. The molecule has 0 aromatic rings. The molecule has 0 atom stereocenters. The third-order valence-corrected chi connectivity index (χ3v) is 11.3. The van der Waals surface area contributed by atoms with Crippen LogP contribution in [0.25, 0.3) is 0 Å². The van der Waals surface area contributed by atoms with Crippen LogP contribution in [0.3, 0.4) is 0 Å². The van der Waals surface area contributed by atoms with Crippen molar-refractivity contribution in [3.8, 4) is 0 Å². The Morgan fingerprint density at radius 1 is 1.16 bits per heavy atom. The Kier molecular flexibility index (Phi) is 8.13. The lowest BCUT2D eigenvalue weighted by Crippen LogP contribution is -2.50. The van der Waals surface area contributed by atoms with Gasteiger partial charge >= 0.3 is 23.7 Å². The average Bonchev–Trinajstić information content (AvgIpc) is 2.09. The van der Waals surface area contributed by atoms with Gasteiger partial charge in [0.05, 0.1) is 12.5 Å². The zero-order valence-corrected chi connectivity index (χ0v) is 16.3. The van der Waals surface area contributed by atoms with Crippen LogP contribution in [0, 0.1) is 0 Å². The standard InChI is InChI=1S/C9H22F3O3Si4/c1-16(2)13-19(14-17(3)4,15-18(5)6)8-7-9(10,11)12/h7-8H2,1-6H3. The molecule has 0 rings (SSSR count). The predicted molar refractivity (Wildman–Crippen MR) is 76.5 cm³/mol. The monoisotopic (exact) mass is 347 g/mol. The van der Waals surface area contributed by atoms with Gasteiger partial charge in [0.2, 0.25) is 9.04 Å². The van der Waals surface area contributed by atoms with Crippen molar-refractivity contribution in [2.45, 2.75) is 57.9 Å². The minimum absolute atomic E-state index is 0.169. The summed E-state index contributed by atoms with van der Waals surface area (Å²) in [6, 6.07) is -0.169. The van der Waals surface area contributed by atoms with Gasteiger partial charge < -0.3 is 12.0 Å². The van der Waals surface area contributed by atoms with Gasteiger partial charge in [0.25, 0.3) is 0 Å². The minimum Gasteiger partial charge on any atom is -0.536 e. The quantitative estimate of drug-likeness (QED) is 0.520. The summed E-state index contributed by atoms with van der Waals surface area (Å²) < 4.78 is 54.8. The summed E-state index contributed by atoms with van der Waals surface area (Å²) >= 11 is 0. The van der Waals surface area contributed by atoms with Gasteiger partial charge in [0.15, 0.2) is 0 Å². The molecule has 0 aliphatic heterocycles. The first-order valence-electron chi connectivity index (χ1n) is 6.00. The van der Waals surface area contributed by atoms with Crippen molar-refractivity contribution in [2.24, 2.45) is 0 Å². The van der Waals surface area contributed by atoms with Gasteiger partial charge in [-0.1, -0.05) is 0 Å². The SMILES string of the molecule is C[Si](C)O[Si](CCC(F)(F)F)(O[Si-](C)C)[O+]=[Si](C)C. The summed E-state index contributed by atoms with van der Waals surface area (Å²) in [5, 5.41) is 0. The van der Waals surface area contributed by atoms with Crippen molar-refractivity contribution in [3.63, 3.8) is 0 Å². The van der Waals surface area contributed by atoms with Gasteiger partial charge in [-0.15, -0.1) is 9.04 Å². The smallest absolute Gasteiger partial charge is 0.536 e. The van der Waals surface area contributed by atoms with Crippen LogP contribution in [0.15, 0.2) is 0 Å². The fraction of sp³-hybridized carbons (Fsp3) is 1.00. The second-order valence-electron chi connectivity index (χ2n) is 4.83. The predicted octanol–water partition coefficient (Wildman–Crippen LogP) is 3.63. The molecule has 3 nitrogen and oxygen atoms in total. The van der Waals surface area contributed by atoms with Crippen LogP contribution < -0.4 is 0 Å². The molecule has 0 unspecified atom stereocenters. The van der Waals surface area contributed by atoms with Crippen molar-refractivity contribution >= 4 is 35.6 Å². The molecule has 1 radical (unpaired) electrons. The van der Waals surface area contributed by atoms with Gasteiger partial charge in [-0.2, -0.15) is 26.3 Å². The van der Waals surface area contributed by atoms with E-state index in [4.69, 9.17) is 12.0 Å². The van der Waals surface area contributed by atoms with Crippen LogP contribution in [0.4, 0.5) is 13.2 Å². The molecule has 0 saturated heterocycles. The molecule has 0 aromatic heterocycles. The van der Waals surface area contributed by atoms with Crippen molar-refractivity contribution in [2.75, 3.05) is 0 Å². The first kappa shape index (κ1) is 19.4. The zero-order valence-electron chi connectivity index (χ0n) is 12.3. The van der Waals surface area contributed by atoms with E-state index in [1.165, 1.54) is 0 Å². The first-order chi connectivity index (χ1) is 8.46. The highest BCUT2D eigenvalue weighted by Crippen LogP contribution is 2.28. The van der Waals surface area contributed by atoms with E-state index in [-0.39, 0.29) is 6.04 Å². The van der Waals surface area contributed by atoms with Crippen LogP contribution in [-0.4, -0.2) is 41.7 Å². The van der Waals surface area contributed by atoms with Crippen LogP contribution in [0.5, 0.6) is 0 Å². The van der Waals surface area contributed by atoms with Crippen molar-refractivity contribution in [1.82, 2.24) is 0 Å². The number of hydrogen-bond acceptors (Lipinski definition) is 2. The lowest BCUT2D eigenvalue weighted by atomic mass is 10.5. The molecule has 0 amide bonds. The molecule has 0 N–H and O–H groups in total. The van der Waals surface area contributed by atoms with E-state index in [1.807, 2.05) is 39.3 Å². The lowest BCUT2D eigenvalue weighted by molar-refractivity contribution is -0.132. The number of alkyl halides is 3. The Bertz CT molecular complexity index is 294. The van der Waals surface area contributed by atoms with Gasteiger partial charge in [0.1, 0.15) is 0 Å². The van der Waals surface area contributed by atoms with E-state index in [1.54, 1.807) is 0 Å². The summed E-state index contributed by atoms with van der Waals surface area (Å²) in [5.41, 5.74) is 0. The molecular weight excluding hydrogens is 325 g/mol. The third kappa shape index (κ3) is 9.84. The Morgan fingerprint density at radius 3 is 2.00 bits per heavy atom. The second-order valence-corrected chi connectivity index (χ2v) is 14.6. The molecule has 10 heteroatoms. The average molecular weight is 348 g/mol. The van der Waals surface area contributed by atoms with Gasteiger partial charge in [0, 0.05) is 13.1 Å². The summed E-state index contributed by atoms with van der Waals surface area (Å²) in [7, 11) is -6.69. The fourth-order valence-corrected chi connectivity index (χ4v) is 12.3. The molecule has 0 heterocycles. The van der Waals surface area contributed by atoms with E-state index in [0.29, 0.717) is 0 Å². The number of rotatable bonds is 7. The molecule has 0 aliphatic carbocycles. The Balaban J connectivity index is 5.17. The zero-order chi connectivity index (χ0) is 15.3. The maximum absolute atomic E-state index is 12.5. The highest BCUT2D eigenvalue weighted by atomic mass is 28.5. The fourth-order valence-electron chi connectivity index (χ4n) is 1.44. The molecule has 113 valence electrons. The molecule has 0 saturated carbocycles. The molecule has 0 spiro atoms. The third-order valence-electron chi connectivity index (χ3n) is 1.79. The Morgan fingerprint density at radius 2 is 1.68 bits per heavy atom. The van der Waals surface area contributed by atoms with Gasteiger partial charge in [-0.3, -0.25) is 0 Å². The first-order valence-corrected chi connectivity index (χ1v) is 15.2. The maximum Gasteiger partial charge on any atom is 0.773 e. The molecule has 19 heavy (non-hydrogen) atoms. The molecule has 0 aliphatic rings. The van der Waals surface area contributed by atoms with Crippen LogP contribution in [0.2, 0.25) is 45.3 Å².